The molecular formula is C17H16N2O3. The molecule has 0 fully saturated rings. The fourth-order valence-corrected chi connectivity index (χ4v) is 2.77. The predicted octanol–water partition coefficient (Wildman–Crippen LogP) is 3.18. The molecule has 0 atom stereocenters. The van der Waals surface area contributed by atoms with Gasteiger partial charge in [-0.3, -0.25) is 14.9 Å². The topological polar surface area (TPSA) is 63.5 Å². The molecule has 0 saturated heterocycles. The Hall–Kier alpha value is -2.69. The lowest BCUT2D eigenvalue weighted by atomic mass is 10.0. The Morgan fingerprint density at radius 3 is 2.55 bits per heavy atom. The Balaban J connectivity index is 1.80. The number of hydrogen-bond acceptors (Lipinski definition) is 3. The molecule has 1 amide bonds. The largest absolute Gasteiger partial charge is 0.334 e. The molecule has 0 N–H and O–H groups in total. The molecule has 1 aliphatic rings. The number of benzene rings is 2. The quantitative estimate of drug-likeness (QED) is 0.645. The van der Waals surface area contributed by atoms with Crippen molar-refractivity contribution in [1.82, 2.24) is 4.90 Å². The minimum Gasteiger partial charge on any atom is -0.334 e. The third-order valence-electron chi connectivity index (χ3n) is 3.93. The third kappa shape index (κ3) is 2.83. The Kier molecular flexibility index (Phi) is 3.87. The standard InChI is InChI=1S/C17H16N2O3/c20-17-16-6-2-1-4-14(16)5-3-11-18(17)12-13-7-9-15(10-8-13)19(21)22/h1-2,4,6-10H,3,5,11-12H2. The van der Waals surface area contributed by atoms with Gasteiger partial charge in [0.25, 0.3) is 11.6 Å². The van der Waals surface area contributed by atoms with Gasteiger partial charge in [-0.15, -0.1) is 0 Å². The van der Waals surface area contributed by atoms with E-state index in [0.29, 0.717) is 13.1 Å². The van der Waals surface area contributed by atoms with Crippen molar-refractivity contribution in [3.05, 3.63) is 75.3 Å². The van der Waals surface area contributed by atoms with Crippen molar-refractivity contribution in [2.24, 2.45) is 0 Å². The smallest absolute Gasteiger partial charge is 0.269 e. The maximum atomic E-state index is 12.6. The Morgan fingerprint density at radius 1 is 1.09 bits per heavy atom. The summed E-state index contributed by atoms with van der Waals surface area (Å²) in [6.07, 6.45) is 1.83. The summed E-state index contributed by atoms with van der Waals surface area (Å²) in [6.45, 7) is 1.18. The Morgan fingerprint density at radius 2 is 1.82 bits per heavy atom. The van der Waals surface area contributed by atoms with Crippen LogP contribution in [0.3, 0.4) is 0 Å². The highest BCUT2D eigenvalue weighted by Crippen LogP contribution is 2.21. The first kappa shape index (κ1) is 14.3. The summed E-state index contributed by atoms with van der Waals surface area (Å²) >= 11 is 0. The summed E-state index contributed by atoms with van der Waals surface area (Å²) in [4.78, 5) is 24.7. The lowest BCUT2D eigenvalue weighted by Crippen LogP contribution is -2.30. The first-order valence-electron chi connectivity index (χ1n) is 7.25. The van der Waals surface area contributed by atoms with Crippen molar-refractivity contribution in [1.29, 1.82) is 0 Å². The van der Waals surface area contributed by atoms with Gasteiger partial charge in [-0.05, 0) is 30.0 Å². The van der Waals surface area contributed by atoms with Crippen LogP contribution >= 0.6 is 0 Å². The van der Waals surface area contributed by atoms with Crippen molar-refractivity contribution in [2.75, 3.05) is 6.54 Å². The number of hydrogen-bond donors (Lipinski definition) is 0. The molecule has 5 heteroatoms. The Bertz CT molecular complexity index is 710. The predicted molar refractivity (Wildman–Crippen MR) is 82.6 cm³/mol. The molecule has 5 nitrogen and oxygen atoms in total. The molecule has 0 saturated carbocycles. The molecule has 0 unspecified atom stereocenters. The summed E-state index contributed by atoms with van der Waals surface area (Å²) in [7, 11) is 0. The number of fused-ring (bicyclic) bond motifs is 1. The second-order valence-corrected chi connectivity index (χ2v) is 5.41. The van der Waals surface area contributed by atoms with E-state index in [1.165, 1.54) is 12.1 Å². The highest BCUT2D eigenvalue weighted by atomic mass is 16.6. The second kappa shape index (κ2) is 5.97. The maximum absolute atomic E-state index is 12.6. The molecule has 3 rings (SSSR count). The molecular weight excluding hydrogens is 280 g/mol. The Labute approximate surface area is 128 Å². The number of aryl methyl sites for hydroxylation is 1. The van der Waals surface area contributed by atoms with Crippen LogP contribution in [0.25, 0.3) is 0 Å². The van der Waals surface area contributed by atoms with Crippen molar-refractivity contribution >= 4 is 11.6 Å². The number of nitrogens with zero attached hydrogens (tertiary/aromatic N) is 2. The van der Waals surface area contributed by atoms with Gasteiger partial charge in [0.05, 0.1) is 4.92 Å². The summed E-state index contributed by atoms with van der Waals surface area (Å²) in [5.41, 5.74) is 2.83. The first-order chi connectivity index (χ1) is 10.6. The molecule has 0 bridgehead atoms. The number of nitro groups is 1. The molecule has 2 aromatic carbocycles. The van der Waals surface area contributed by atoms with Crippen LogP contribution in [0.15, 0.2) is 48.5 Å². The van der Waals surface area contributed by atoms with Crippen LogP contribution in [-0.4, -0.2) is 22.3 Å². The monoisotopic (exact) mass is 296 g/mol. The fraction of sp³-hybridized carbons (Fsp3) is 0.235. The van der Waals surface area contributed by atoms with Crippen molar-refractivity contribution in [2.45, 2.75) is 19.4 Å². The third-order valence-corrected chi connectivity index (χ3v) is 3.93. The van der Waals surface area contributed by atoms with Gasteiger partial charge >= 0.3 is 0 Å². The molecule has 2 aromatic rings. The minimum absolute atomic E-state index is 0.0338. The van der Waals surface area contributed by atoms with Gasteiger partial charge in [-0.25, -0.2) is 0 Å². The van der Waals surface area contributed by atoms with Crippen LogP contribution in [0.4, 0.5) is 5.69 Å². The zero-order valence-corrected chi connectivity index (χ0v) is 12.1. The zero-order chi connectivity index (χ0) is 15.5. The van der Waals surface area contributed by atoms with Gasteiger partial charge < -0.3 is 4.90 Å². The molecule has 22 heavy (non-hydrogen) atoms. The zero-order valence-electron chi connectivity index (χ0n) is 12.1. The van der Waals surface area contributed by atoms with E-state index in [9.17, 15) is 14.9 Å². The first-order valence-corrected chi connectivity index (χ1v) is 7.25. The number of carbonyl (C=O) groups is 1. The number of nitro benzene ring substituents is 1. The highest BCUT2D eigenvalue weighted by Gasteiger charge is 2.22. The van der Waals surface area contributed by atoms with Crippen LogP contribution in [-0.2, 0) is 13.0 Å². The second-order valence-electron chi connectivity index (χ2n) is 5.41. The average Bonchev–Trinajstić information content (AvgIpc) is 2.68. The van der Waals surface area contributed by atoms with Gasteiger partial charge in [0.1, 0.15) is 0 Å². The molecule has 0 aliphatic carbocycles. The SMILES string of the molecule is O=C1c2ccccc2CCCN1Cc1ccc([N+](=O)[O-])cc1. The van der Waals surface area contributed by atoms with Crippen LogP contribution in [0.5, 0.6) is 0 Å². The summed E-state index contributed by atoms with van der Waals surface area (Å²) < 4.78 is 0. The van der Waals surface area contributed by atoms with Crippen molar-refractivity contribution in [3.8, 4) is 0 Å². The number of non-ortho nitro benzene ring substituents is 1. The van der Waals surface area contributed by atoms with Gasteiger partial charge in [-0.1, -0.05) is 30.3 Å². The molecule has 0 aromatic heterocycles. The maximum Gasteiger partial charge on any atom is 0.269 e. The van der Waals surface area contributed by atoms with Crippen LogP contribution in [0.1, 0.15) is 27.9 Å². The van der Waals surface area contributed by atoms with Gasteiger partial charge in [0, 0.05) is 30.8 Å². The van der Waals surface area contributed by atoms with E-state index in [-0.39, 0.29) is 11.6 Å². The number of rotatable bonds is 3. The summed E-state index contributed by atoms with van der Waals surface area (Å²) in [5.74, 6) is 0.0338. The minimum atomic E-state index is -0.420. The van der Waals surface area contributed by atoms with Crippen LogP contribution in [0, 0.1) is 10.1 Å². The lowest BCUT2D eigenvalue weighted by Gasteiger charge is -2.21. The van der Waals surface area contributed by atoms with E-state index in [4.69, 9.17) is 0 Å². The molecule has 1 heterocycles. The molecule has 112 valence electrons. The van der Waals surface area contributed by atoms with E-state index in [1.807, 2.05) is 29.2 Å². The number of amides is 1. The van der Waals surface area contributed by atoms with Crippen molar-refractivity contribution < 1.29 is 9.72 Å². The molecule has 0 radical (unpaired) electrons. The highest BCUT2D eigenvalue weighted by molar-refractivity contribution is 5.96. The summed E-state index contributed by atoms with van der Waals surface area (Å²) in [5, 5.41) is 10.7. The van der Waals surface area contributed by atoms with Crippen molar-refractivity contribution in [3.63, 3.8) is 0 Å². The van der Waals surface area contributed by atoms with E-state index in [1.54, 1.807) is 12.1 Å². The van der Waals surface area contributed by atoms with E-state index in [2.05, 4.69) is 0 Å². The molecule has 0 spiro atoms. The lowest BCUT2D eigenvalue weighted by molar-refractivity contribution is -0.384. The van der Waals surface area contributed by atoms with Gasteiger partial charge in [0.15, 0.2) is 0 Å². The normalized spacial score (nSPS) is 14.4. The number of carbonyl (C=O) groups excluding carboxylic acids is 1. The van der Waals surface area contributed by atoms with E-state index in [0.717, 1.165) is 29.5 Å². The van der Waals surface area contributed by atoms with Gasteiger partial charge in [0.2, 0.25) is 0 Å². The van der Waals surface area contributed by atoms with E-state index >= 15 is 0 Å². The van der Waals surface area contributed by atoms with E-state index < -0.39 is 4.92 Å². The molecule has 1 aliphatic heterocycles. The van der Waals surface area contributed by atoms with Crippen LogP contribution in [0.2, 0.25) is 0 Å². The van der Waals surface area contributed by atoms with Gasteiger partial charge in [-0.2, -0.15) is 0 Å². The summed E-state index contributed by atoms with van der Waals surface area (Å²) in [6, 6.07) is 14.1. The van der Waals surface area contributed by atoms with Crippen LogP contribution < -0.4 is 0 Å². The fourth-order valence-electron chi connectivity index (χ4n) is 2.77. The average molecular weight is 296 g/mol.